The van der Waals surface area contributed by atoms with Crippen molar-refractivity contribution in [3.8, 4) is 5.75 Å². The number of nitrogens with one attached hydrogen (secondary N) is 2. The van der Waals surface area contributed by atoms with Crippen molar-refractivity contribution in [3.05, 3.63) is 62.1 Å². The van der Waals surface area contributed by atoms with Crippen LogP contribution in [0.1, 0.15) is 60.2 Å². The summed E-state index contributed by atoms with van der Waals surface area (Å²) >= 11 is 0. The van der Waals surface area contributed by atoms with Gasteiger partial charge in [-0.25, -0.2) is 14.3 Å². The van der Waals surface area contributed by atoms with E-state index >= 15 is 0 Å². The number of aromatic amines is 1. The van der Waals surface area contributed by atoms with Gasteiger partial charge in [-0.3, -0.25) is 14.4 Å². The molecule has 4 heterocycles. The molecule has 1 aliphatic rings. The Balaban J connectivity index is 1.66. The second-order valence-corrected chi connectivity index (χ2v) is 8.45. The summed E-state index contributed by atoms with van der Waals surface area (Å²) in [4.78, 5) is 52.6. The quantitative estimate of drug-likeness (QED) is 0.477. The molecule has 3 aromatic rings. The zero-order valence-corrected chi connectivity index (χ0v) is 19.5. The topological polar surface area (TPSA) is 131 Å². The third kappa shape index (κ3) is 4.20. The number of carbonyl (C=O) groups excluding carboxylic acids is 2. The fourth-order valence-corrected chi connectivity index (χ4v) is 4.06. The number of ether oxygens (including phenoxy) is 1. The number of rotatable bonds is 8. The highest BCUT2D eigenvalue weighted by atomic mass is 16.5. The SMILES string of the molecule is CCCCOc1c2n(c(CNC(=O)c3cccn4c(=O)[nH]nc34)cc1=O)CCN(C(C)C)C2=O. The second-order valence-electron chi connectivity index (χ2n) is 8.45. The number of amides is 2. The van der Waals surface area contributed by atoms with Crippen LogP contribution in [0, 0.1) is 0 Å². The minimum atomic E-state index is -0.458. The summed E-state index contributed by atoms with van der Waals surface area (Å²) in [6.07, 6.45) is 3.17. The molecule has 2 N–H and O–H groups in total. The molecule has 180 valence electrons. The van der Waals surface area contributed by atoms with Gasteiger partial charge in [-0.2, -0.15) is 5.10 Å². The van der Waals surface area contributed by atoms with Crippen LogP contribution in [0.3, 0.4) is 0 Å². The molecule has 1 aliphatic heterocycles. The Morgan fingerprint density at radius 3 is 2.79 bits per heavy atom. The van der Waals surface area contributed by atoms with Crippen molar-refractivity contribution in [2.75, 3.05) is 13.2 Å². The number of hydrogen-bond donors (Lipinski definition) is 2. The molecular formula is C23H28N6O5. The predicted octanol–water partition coefficient (Wildman–Crippen LogP) is 1.16. The third-order valence-electron chi connectivity index (χ3n) is 5.87. The molecule has 0 saturated heterocycles. The molecular weight excluding hydrogens is 440 g/mol. The van der Waals surface area contributed by atoms with Crippen molar-refractivity contribution in [1.29, 1.82) is 0 Å². The van der Waals surface area contributed by atoms with E-state index in [1.54, 1.807) is 21.6 Å². The van der Waals surface area contributed by atoms with Gasteiger partial charge >= 0.3 is 5.69 Å². The van der Waals surface area contributed by atoms with Crippen molar-refractivity contribution in [3.63, 3.8) is 0 Å². The number of hydrogen-bond acceptors (Lipinski definition) is 6. The molecule has 0 saturated carbocycles. The molecule has 0 atom stereocenters. The monoisotopic (exact) mass is 468 g/mol. The summed E-state index contributed by atoms with van der Waals surface area (Å²) in [7, 11) is 0. The first-order valence-electron chi connectivity index (χ1n) is 11.4. The van der Waals surface area contributed by atoms with Crippen LogP contribution in [0.25, 0.3) is 5.65 Å². The van der Waals surface area contributed by atoms with Crippen molar-refractivity contribution < 1.29 is 14.3 Å². The van der Waals surface area contributed by atoms with Gasteiger partial charge in [-0.1, -0.05) is 13.3 Å². The zero-order chi connectivity index (χ0) is 24.4. The largest absolute Gasteiger partial charge is 0.487 e. The Hall–Kier alpha value is -3.89. The van der Waals surface area contributed by atoms with Crippen molar-refractivity contribution in [2.45, 2.75) is 52.7 Å². The van der Waals surface area contributed by atoms with Crippen LogP contribution in [0.2, 0.25) is 0 Å². The molecule has 0 spiro atoms. The van der Waals surface area contributed by atoms with Crippen LogP contribution < -0.4 is 21.2 Å². The first-order chi connectivity index (χ1) is 16.3. The number of H-pyrrole nitrogens is 1. The lowest BCUT2D eigenvalue weighted by atomic mass is 10.1. The number of nitrogens with zero attached hydrogens (tertiary/aromatic N) is 4. The average molecular weight is 469 g/mol. The van der Waals surface area contributed by atoms with Gasteiger partial charge in [0.05, 0.1) is 18.7 Å². The zero-order valence-electron chi connectivity index (χ0n) is 19.5. The lowest BCUT2D eigenvalue weighted by Gasteiger charge is -2.35. The minimum Gasteiger partial charge on any atom is -0.487 e. The standard InChI is InChI=1S/C23H28N6O5/c1-4-5-11-34-19-17(30)12-15(28-10-9-27(14(2)3)22(32)18(19)28)13-24-21(31)16-7-6-8-29-20(16)25-26-23(29)33/h6-8,12,14H,4-5,9-11,13H2,1-3H3,(H,24,31)(H,26,33). The van der Waals surface area contributed by atoms with Crippen molar-refractivity contribution in [1.82, 2.24) is 29.4 Å². The number of pyridine rings is 2. The minimum absolute atomic E-state index is 0.0149. The summed E-state index contributed by atoms with van der Waals surface area (Å²) in [5.74, 6) is -0.668. The van der Waals surface area contributed by atoms with E-state index in [1.807, 2.05) is 20.8 Å². The fraction of sp³-hybridized carbons (Fsp3) is 0.435. The fourth-order valence-electron chi connectivity index (χ4n) is 4.06. The normalized spacial score (nSPS) is 13.4. The van der Waals surface area contributed by atoms with E-state index in [0.29, 0.717) is 25.4 Å². The van der Waals surface area contributed by atoms with Crippen LogP contribution in [-0.2, 0) is 13.1 Å². The maximum absolute atomic E-state index is 13.3. The molecule has 11 heteroatoms. The maximum Gasteiger partial charge on any atom is 0.347 e. The van der Waals surface area contributed by atoms with Crippen molar-refractivity contribution >= 4 is 17.5 Å². The smallest absolute Gasteiger partial charge is 0.347 e. The van der Waals surface area contributed by atoms with Crippen LogP contribution in [0.5, 0.6) is 5.75 Å². The highest BCUT2D eigenvalue weighted by molar-refractivity contribution is 5.99. The van der Waals surface area contributed by atoms with Crippen molar-refractivity contribution in [2.24, 2.45) is 0 Å². The Morgan fingerprint density at radius 2 is 2.06 bits per heavy atom. The van der Waals surface area contributed by atoms with Crippen LogP contribution in [0.4, 0.5) is 0 Å². The Labute approximate surface area is 195 Å². The molecule has 3 aromatic heterocycles. The number of fused-ring (bicyclic) bond motifs is 2. The molecule has 11 nitrogen and oxygen atoms in total. The lowest BCUT2D eigenvalue weighted by molar-refractivity contribution is 0.0637. The van der Waals surface area contributed by atoms with Crippen LogP contribution in [0.15, 0.2) is 34.0 Å². The Bertz CT molecular complexity index is 1350. The summed E-state index contributed by atoms with van der Waals surface area (Å²) in [6, 6.07) is 4.51. The van der Waals surface area contributed by atoms with E-state index in [1.165, 1.54) is 16.7 Å². The molecule has 0 aromatic carbocycles. The van der Waals surface area contributed by atoms with Gasteiger partial charge in [0.25, 0.3) is 11.8 Å². The Morgan fingerprint density at radius 1 is 1.26 bits per heavy atom. The van der Waals surface area contributed by atoms with Gasteiger partial charge in [0.1, 0.15) is 0 Å². The van der Waals surface area contributed by atoms with E-state index < -0.39 is 17.0 Å². The highest BCUT2D eigenvalue weighted by Gasteiger charge is 2.32. The number of unbranched alkanes of at least 4 members (excludes halogenated alkanes) is 1. The number of aromatic nitrogens is 4. The van der Waals surface area contributed by atoms with Crippen LogP contribution >= 0.6 is 0 Å². The highest BCUT2D eigenvalue weighted by Crippen LogP contribution is 2.24. The van der Waals surface area contributed by atoms with Gasteiger partial charge in [0, 0.05) is 37.1 Å². The molecule has 0 bridgehead atoms. The van der Waals surface area contributed by atoms with Crippen LogP contribution in [-0.4, -0.2) is 55.1 Å². The second kappa shape index (κ2) is 9.54. The van der Waals surface area contributed by atoms with E-state index in [0.717, 1.165) is 12.8 Å². The van der Waals surface area contributed by atoms with Gasteiger partial charge in [0.15, 0.2) is 17.1 Å². The molecule has 4 rings (SSSR count). The van der Waals surface area contributed by atoms with E-state index in [4.69, 9.17) is 4.74 Å². The third-order valence-corrected chi connectivity index (χ3v) is 5.87. The summed E-state index contributed by atoms with van der Waals surface area (Å²) in [5.41, 5.74) is 0.284. The first kappa shape index (κ1) is 23.3. The van der Waals surface area contributed by atoms with Gasteiger partial charge < -0.3 is 19.5 Å². The molecule has 0 aliphatic carbocycles. The van der Waals surface area contributed by atoms with Gasteiger partial charge in [-0.15, -0.1) is 0 Å². The molecule has 2 amide bonds. The summed E-state index contributed by atoms with van der Waals surface area (Å²) in [6.45, 7) is 7.18. The predicted molar refractivity (Wildman–Crippen MR) is 124 cm³/mol. The van der Waals surface area contributed by atoms with E-state index in [-0.39, 0.29) is 41.1 Å². The molecule has 0 fully saturated rings. The van der Waals surface area contributed by atoms with Gasteiger partial charge in [-0.05, 0) is 32.4 Å². The number of carbonyl (C=O) groups is 2. The molecule has 0 unspecified atom stereocenters. The van der Waals surface area contributed by atoms with E-state index in [9.17, 15) is 19.2 Å². The lowest BCUT2D eigenvalue weighted by Crippen LogP contribution is -2.46. The molecule has 34 heavy (non-hydrogen) atoms. The Kier molecular flexibility index (Phi) is 6.53. The van der Waals surface area contributed by atoms with Gasteiger partial charge in [0.2, 0.25) is 5.43 Å². The molecule has 0 radical (unpaired) electrons. The summed E-state index contributed by atoms with van der Waals surface area (Å²) in [5, 5.41) is 9.00. The van der Waals surface area contributed by atoms with E-state index in [2.05, 4.69) is 15.5 Å². The summed E-state index contributed by atoms with van der Waals surface area (Å²) < 4.78 is 8.76. The first-order valence-corrected chi connectivity index (χ1v) is 11.4. The average Bonchev–Trinajstić information content (AvgIpc) is 3.20. The maximum atomic E-state index is 13.3.